The summed E-state index contributed by atoms with van der Waals surface area (Å²) in [6.45, 7) is 1.17. The van der Waals surface area contributed by atoms with Crippen LogP contribution >= 0.6 is 0 Å². The van der Waals surface area contributed by atoms with Crippen molar-refractivity contribution >= 4 is 11.6 Å². The molecule has 3 aromatic rings. The SMILES string of the molecule is [CH2][C@@H]1C[C@@H](Nc2ncncc2C(=O)c2ccn(Cc3cccc(OC(F)F)c3)c2)[C@@H](F)[C@@H]1O. The predicted molar refractivity (Wildman–Crippen MR) is 114 cm³/mol. The Bertz CT molecular complexity index is 1120. The highest BCUT2D eigenvalue weighted by molar-refractivity contribution is 6.11. The van der Waals surface area contributed by atoms with Crippen molar-refractivity contribution in [1.29, 1.82) is 0 Å². The fourth-order valence-electron chi connectivity index (χ4n) is 3.88. The van der Waals surface area contributed by atoms with E-state index in [2.05, 4.69) is 26.9 Å². The Labute approximate surface area is 188 Å². The van der Waals surface area contributed by atoms with Crippen LogP contribution in [0.4, 0.5) is 19.0 Å². The summed E-state index contributed by atoms with van der Waals surface area (Å²) in [4.78, 5) is 21.1. The quantitative estimate of drug-likeness (QED) is 0.502. The second kappa shape index (κ2) is 9.62. The molecule has 173 valence electrons. The van der Waals surface area contributed by atoms with Crippen molar-refractivity contribution in [3.8, 4) is 5.75 Å². The summed E-state index contributed by atoms with van der Waals surface area (Å²) in [5, 5.41) is 12.7. The Morgan fingerprint density at radius 1 is 1.36 bits per heavy atom. The molecule has 1 aliphatic rings. The molecule has 2 N–H and O–H groups in total. The number of ether oxygens (including phenoxy) is 1. The fourth-order valence-corrected chi connectivity index (χ4v) is 3.88. The Morgan fingerprint density at radius 2 is 2.18 bits per heavy atom. The molecule has 0 aliphatic heterocycles. The Morgan fingerprint density at radius 3 is 2.91 bits per heavy atom. The van der Waals surface area contributed by atoms with Crippen molar-refractivity contribution in [3.05, 3.63) is 78.9 Å². The van der Waals surface area contributed by atoms with Gasteiger partial charge in [0, 0.05) is 30.7 Å². The van der Waals surface area contributed by atoms with Crippen molar-refractivity contribution in [2.75, 3.05) is 5.32 Å². The first-order valence-electron chi connectivity index (χ1n) is 10.3. The Hall–Kier alpha value is -3.40. The van der Waals surface area contributed by atoms with Crippen LogP contribution in [-0.2, 0) is 6.54 Å². The van der Waals surface area contributed by atoms with Crippen LogP contribution in [0.2, 0.25) is 0 Å². The van der Waals surface area contributed by atoms with Gasteiger partial charge >= 0.3 is 6.61 Å². The molecule has 1 radical (unpaired) electrons. The lowest BCUT2D eigenvalue weighted by Crippen LogP contribution is -2.32. The molecule has 1 fully saturated rings. The minimum atomic E-state index is -2.91. The molecule has 2 aromatic heterocycles. The Kier molecular flexibility index (Phi) is 6.64. The third kappa shape index (κ3) is 5.16. The number of ketones is 1. The average Bonchev–Trinajstić information content (AvgIpc) is 3.34. The molecule has 0 amide bonds. The number of halogens is 3. The number of carbonyl (C=O) groups is 1. The van der Waals surface area contributed by atoms with Crippen LogP contribution in [0.25, 0.3) is 0 Å². The number of anilines is 1. The first kappa shape index (κ1) is 22.8. The summed E-state index contributed by atoms with van der Waals surface area (Å²) < 4.78 is 45.4. The van der Waals surface area contributed by atoms with Gasteiger partial charge in [-0.1, -0.05) is 12.1 Å². The molecule has 1 saturated carbocycles. The van der Waals surface area contributed by atoms with Gasteiger partial charge in [-0.25, -0.2) is 14.4 Å². The number of nitrogens with one attached hydrogen (secondary N) is 1. The van der Waals surface area contributed by atoms with Gasteiger partial charge in [-0.3, -0.25) is 4.79 Å². The van der Waals surface area contributed by atoms with E-state index in [4.69, 9.17) is 0 Å². The lowest BCUT2D eigenvalue weighted by molar-refractivity contribution is -0.0498. The van der Waals surface area contributed by atoms with E-state index in [0.29, 0.717) is 24.1 Å². The number of nitrogens with zero attached hydrogens (tertiary/aromatic N) is 3. The zero-order valence-corrected chi connectivity index (χ0v) is 17.4. The Balaban J connectivity index is 1.49. The highest BCUT2D eigenvalue weighted by Gasteiger charge is 2.41. The number of alkyl halides is 3. The molecule has 0 saturated heterocycles. The lowest BCUT2D eigenvalue weighted by Gasteiger charge is -2.18. The molecule has 1 aromatic carbocycles. The van der Waals surface area contributed by atoms with Crippen LogP contribution in [0.3, 0.4) is 0 Å². The topological polar surface area (TPSA) is 89.3 Å². The average molecular weight is 459 g/mol. The van der Waals surface area contributed by atoms with Gasteiger partial charge in [0.25, 0.3) is 0 Å². The van der Waals surface area contributed by atoms with Crippen molar-refractivity contribution in [1.82, 2.24) is 14.5 Å². The van der Waals surface area contributed by atoms with Crippen LogP contribution < -0.4 is 10.1 Å². The molecular formula is C23H22F3N4O3. The summed E-state index contributed by atoms with van der Waals surface area (Å²) in [5.41, 5.74) is 1.23. The summed E-state index contributed by atoms with van der Waals surface area (Å²) in [6.07, 6.45) is 3.48. The van der Waals surface area contributed by atoms with Crippen molar-refractivity contribution in [3.63, 3.8) is 0 Å². The second-order valence-corrected chi connectivity index (χ2v) is 7.89. The van der Waals surface area contributed by atoms with E-state index in [1.165, 1.54) is 24.7 Å². The number of hydrogen-bond donors (Lipinski definition) is 2. The van der Waals surface area contributed by atoms with E-state index in [1.54, 1.807) is 35.2 Å². The summed E-state index contributed by atoms with van der Waals surface area (Å²) >= 11 is 0. The van der Waals surface area contributed by atoms with E-state index in [9.17, 15) is 23.1 Å². The molecule has 4 rings (SSSR count). The van der Waals surface area contributed by atoms with Crippen molar-refractivity contribution < 1.29 is 27.8 Å². The highest BCUT2D eigenvalue weighted by Crippen LogP contribution is 2.31. The van der Waals surface area contributed by atoms with Gasteiger partial charge in [-0.15, -0.1) is 0 Å². The van der Waals surface area contributed by atoms with Crippen LogP contribution in [0, 0.1) is 12.8 Å². The number of aliphatic hydroxyl groups excluding tert-OH is 1. The maximum absolute atomic E-state index is 14.3. The van der Waals surface area contributed by atoms with Crippen LogP contribution in [-0.4, -0.2) is 50.4 Å². The lowest BCUT2D eigenvalue weighted by atomic mass is 10.1. The second-order valence-electron chi connectivity index (χ2n) is 7.89. The molecule has 4 atom stereocenters. The zero-order chi connectivity index (χ0) is 23.5. The maximum Gasteiger partial charge on any atom is 0.387 e. The van der Waals surface area contributed by atoms with Crippen molar-refractivity contribution in [2.45, 2.75) is 37.9 Å². The molecular weight excluding hydrogens is 437 g/mol. The maximum atomic E-state index is 14.3. The number of benzene rings is 1. The van der Waals surface area contributed by atoms with Crippen molar-refractivity contribution in [2.24, 2.45) is 5.92 Å². The van der Waals surface area contributed by atoms with E-state index < -0.39 is 30.8 Å². The molecule has 1 aliphatic carbocycles. The van der Waals surface area contributed by atoms with Gasteiger partial charge in [0.2, 0.25) is 0 Å². The van der Waals surface area contributed by atoms with Gasteiger partial charge in [-0.05, 0) is 43.0 Å². The van der Waals surface area contributed by atoms with Crippen LogP contribution in [0.5, 0.6) is 5.75 Å². The molecule has 10 heteroatoms. The minimum absolute atomic E-state index is 0.0517. The zero-order valence-electron chi connectivity index (χ0n) is 17.4. The van der Waals surface area contributed by atoms with Crippen LogP contribution in [0.15, 0.2) is 55.2 Å². The molecule has 7 nitrogen and oxygen atoms in total. The van der Waals surface area contributed by atoms with Gasteiger partial charge < -0.3 is 19.7 Å². The largest absolute Gasteiger partial charge is 0.435 e. The number of carbonyl (C=O) groups excluding carboxylic acids is 1. The van der Waals surface area contributed by atoms with Gasteiger partial charge in [0.1, 0.15) is 24.1 Å². The number of aromatic nitrogens is 3. The van der Waals surface area contributed by atoms with E-state index >= 15 is 0 Å². The smallest absolute Gasteiger partial charge is 0.387 e. The fraction of sp³-hybridized carbons (Fsp3) is 0.304. The molecule has 0 spiro atoms. The van der Waals surface area contributed by atoms with Gasteiger partial charge in [0.05, 0.1) is 17.7 Å². The molecule has 33 heavy (non-hydrogen) atoms. The van der Waals surface area contributed by atoms with Gasteiger partial charge in [0.15, 0.2) is 5.78 Å². The summed E-state index contributed by atoms with van der Waals surface area (Å²) in [5.74, 6) is -0.603. The van der Waals surface area contributed by atoms with E-state index in [-0.39, 0.29) is 22.9 Å². The number of aliphatic hydroxyl groups is 1. The van der Waals surface area contributed by atoms with E-state index in [1.807, 2.05) is 0 Å². The van der Waals surface area contributed by atoms with Crippen LogP contribution in [0.1, 0.15) is 27.9 Å². The summed E-state index contributed by atoms with van der Waals surface area (Å²) in [7, 11) is 0. The number of rotatable bonds is 8. The third-order valence-electron chi connectivity index (χ3n) is 5.53. The summed E-state index contributed by atoms with van der Waals surface area (Å²) in [6, 6.07) is 7.19. The normalized spacial score (nSPS) is 22.5. The number of hydrogen-bond acceptors (Lipinski definition) is 6. The molecule has 0 unspecified atom stereocenters. The first-order chi connectivity index (χ1) is 15.8. The minimum Gasteiger partial charge on any atom is -0.435 e. The molecule has 0 bridgehead atoms. The third-order valence-corrected chi connectivity index (χ3v) is 5.53. The van der Waals surface area contributed by atoms with E-state index in [0.717, 1.165) is 0 Å². The standard InChI is InChI=1S/C23H22F3N4O3/c1-13-7-18(19(24)20(13)31)29-22-17(9-27-12-28-22)21(32)15-5-6-30(11-15)10-14-3-2-4-16(8-14)33-23(25)26/h2-6,8-9,11-13,18-20,23,31H,1,7,10H2,(H,27,28,29)/t13-,18-,19-,20-/m1/s1. The molecule has 2 heterocycles. The monoisotopic (exact) mass is 459 g/mol. The highest BCUT2D eigenvalue weighted by atomic mass is 19.3. The van der Waals surface area contributed by atoms with Gasteiger partial charge in [-0.2, -0.15) is 8.78 Å². The first-order valence-corrected chi connectivity index (χ1v) is 10.3. The predicted octanol–water partition coefficient (Wildman–Crippen LogP) is 3.49.